The third kappa shape index (κ3) is 10.6. The molecule has 0 aliphatic rings. The van der Waals surface area contributed by atoms with Gasteiger partial charge in [-0.05, 0) is 50.1 Å². The molecule has 1 atom stereocenters. The molecule has 0 bridgehead atoms. The molecule has 0 saturated carbocycles. The predicted octanol–water partition coefficient (Wildman–Crippen LogP) is 4.27. The van der Waals surface area contributed by atoms with Crippen molar-refractivity contribution in [3.63, 3.8) is 0 Å². The number of carbonyl (C=O) groups is 2. The third-order valence-electron chi connectivity index (χ3n) is 4.54. The highest BCUT2D eigenvalue weighted by Crippen LogP contribution is 2.22. The zero-order valence-corrected chi connectivity index (χ0v) is 20.3. The molecule has 0 fully saturated rings. The van der Waals surface area contributed by atoms with Crippen LogP contribution in [0.25, 0.3) is 0 Å². The lowest BCUT2D eigenvalue weighted by Gasteiger charge is -2.13. The molecule has 5 N–H and O–H groups in total. The van der Waals surface area contributed by atoms with E-state index in [1.165, 1.54) is 6.20 Å². The molecule has 0 radical (unpaired) electrons. The van der Waals surface area contributed by atoms with Crippen LogP contribution in [0.2, 0.25) is 0 Å². The highest BCUT2D eigenvalue weighted by atomic mass is 16.5. The number of aliphatic carboxylic acids is 1. The van der Waals surface area contributed by atoms with Crippen LogP contribution in [0.4, 0.5) is 11.6 Å². The summed E-state index contributed by atoms with van der Waals surface area (Å²) in [5.74, 6) is 1.19. The van der Waals surface area contributed by atoms with Crippen molar-refractivity contribution >= 4 is 23.5 Å². The van der Waals surface area contributed by atoms with Crippen molar-refractivity contribution in [2.45, 2.75) is 52.1 Å². The van der Waals surface area contributed by atoms with Gasteiger partial charge in [0.2, 0.25) is 5.91 Å². The molecule has 0 saturated heterocycles. The average Bonchev–Trinajstić information content (AvgIpc) is 2.80. The van der Waals surface area contributed by atoms with Crippen molar-refractivity contribution in [3.8, 4) is 11.5 Å². The topological polar surface area (TPSA) is 139 Å². The van der Waals surface area contributed by atoms with Crippen LogP contribution >= 0.6 is 0 Å². The van der Waals surface area contributed by atoms with E-state index in [9.17, 15) is 9.59 Å². The number of nitrogens with zero attached hydrogens (tertiary/aromatic N) is 2. The fourth-order valence-electron chi connectivity index (χ4n) is 3.07. The first kappa shape index (κ1) is 27.1. The maximum atomic E-state index is 12.1. The Morgan fingerprint density at radius 1 is 1.06 bits per heavy atom. The lowest BCUT2D eigenvalue weighted by Crippen LogP contribution is -2.41. The summed E-state index contributed by atoms with van der Waals surface area (Å²) in [4.78, 5) is 31.1. The Labute approximate surface area is 205 Å². The number of rotatable bonds is 10. The molecular weight excluding hydrogens is 446 g/mol. The first-order chi connectivity index (χ1) is 16.8. The molecule has 1 aromatic heterocycles. The number of hydrogen-bond donors (Lipinski definition) is 4. The third-order valence-corrected chi connectivity index (χ3v) is 4.54. The summed E-state index contributed by atoms with van der Waals surface area (Å²) in [6.07, 6.45) is 4.39. The largest absolute Gasteiger partial charge is 0.480 e. The molecule has 2 aromatic carbocycles. The zero-order chi connectivity index (χ0) is 25.6. The number of ether oxygens (including phenoxy) is 1. The maximum Gasteiger partial charge on any atom is 0.326 e. The predicted molar refractivity (Wildman–Crippen MR) is 136 cm³/mol. The van der Waals surface area contributed by atoms with E-state index in [0.717, 1.165) is 11.4 Å². The van der Waals surface area contributed by atoms with Crippen LogP contribution in [0.1, 0.15) is 39.2 Å². The molecule has 1 amide bonds. The molecule has 9 nitrogen and oxygen atoms in total. The highest BCUT2D eigenvalue weighted by Gasteiger charge is 2.18. The van der Waals surface area contributed by atoms with Crippen LogP contribution in [-0.2, 0) is 16.0 Å². The van der Waals surface area contributed by atoms with E-state index in [4.69, 9.17) is 15.6 Å². The molecule has 0 spiro atoms. The molecule has 1 unspecified atom stereocenters. The minimum absolute atomic E-state index is 0.111. The van der Waals surface area contributed by atoms with Gasteiger partial charge in [0.15, 0.2) is 0 Å². The van der Waals surface area contributed by atoms with Crippen molar-refractivity contribution in [1.82, 2.24) is 15.3 Å². The monoisotopic (exact) mass is 479 g/mol. The summed E-state index contributed by atoms with van der Waals surface area (Å²) in [5, 5.41) is 14.7. The second-order valence-corrected chi connectivity index (χ2v) is 8.11. The summed E-state index contributed by atoms with van der Waals surface area (Å²) in [5.41, 5.74) is 6.19. The van der Waals surface area contributed by atoms with Crippen molar-refractivity contribution in [2.75, 3.05) is 11.1 Å². The SMILES string of the molecule is CC(C)Nc1cncc(N)n1.CCCC(NC(=O)Cc1cccc(Oc2ccccc2)c1)C(=O)O. The van der Waals surface area contributed by atoms with Gasteiger partial charge in [0, 0.05) is 6.04 Å². The van der Waals surface area contributed by atoms with Gasteiger partial charge in [0.05, 0.1) is 18.8 Å². The quantitative estimate of drug-likeness (QED) is 0.338. The number of aromatic nitrogens is 2. The first-order valence-electron chi connectivity index (χ1n) is 11.4. The zero-order valence-electron chi connectivity index (χ0n) is 20.3. The number of carbonyl (C=O) groups excluding carboxylic acids is 1. The summed E-state index contributed by atoms with van der Waals surface area (Å²) >= 11 is 0. The molecule has 0 aliphatic heterocycles. The molecule has 0 aliphatic carbocycles. The van der Waals surface area contributed by atoms with E-state index in [1.807, 2.05) is 69.3 Å². The number of benzene rings is 2. The van der Waals surface area contributed by atoms with Gasteiger partial charge in [-0.2, -0.15) is 0 Å². The summed E-state index contributed by atoms with van der Waals surface area (Å²) in [6, 6.07) is 16.1. The number of carboxylic acids is 1. The van der Waals surface area contributed by atoms with Gasteiger partial charge in [0.1, 0.15) is 29.2 Å². The summed E-state index contributed by atoms with van der Waals surface area (Å²) in [7, 11) is 0. The number of nitrogens with two attached hydrogens (primary N) is 1. The average molecular weight is 480 g/mol. The number of amides is 1. The van der Waals surface area contributed by atoms with Crippen LogP contribution in [0.5, 0.6) is 11.5 Å². The van der Waals surface area contributed by atoms with Crippen molar-refractivity contribution < 1.29 is 19.4 Å². The Morgan fingerprint density at radius 3 is 2.40 bits per heavy atom. The Hall–Kier alpha value is -4.14. The van der Waals surface area contributed by atoms with Crippen LogP contribution in [-0.4, -0.2) is 39.0 Å². The van der Waals surface area contributed by atoms with Gasteiger partial charge >= 0.3 is 5.97 Å². The number of carboxylic acid groups (broad SMARTS) is 1. The molecule has 186 valence electrons. The Morgan fingerprint density at radius 2 is 1.77 bits per heavy atom. The van der Waals surface area contributed by atoms with Gasteiger partial charge in [-0.25, -0.2) is 9.78 Å². The number of nitrogens with one attached hydrogen (secondary N) is 2. The van der Waals surface area contributed by atoms with Crippen molar-refractivity contribution in [3.05, 3.63) is 72.6 Å². The van der Waals surface area contributed by atoms with E-state index in [1.54, 1.807) is 12.3 Å². The van der Waals surface area contributed by atoms with E-state index < -0.39 is 12.0 Å². The number of nitrogen functional groups attached to an aromatic ring is 1. The Kier molecular flexibility index (Phi) is 11.0. The standard InChI is InChI=1S/C19H21NO4.C7H12N4/c1-2-7-17(19(22)23)20-18(21)13-14-8-6-11-16(12-14)24-15-9-4-3-5-10-15;1-5(2)10-7-4-9-3-6(8)11-7/h3-6,8-12,17H,2,7,13H2,1H3,(H,20,21)(H,22,23);3-5H,1-2H3,(H3,8,10,11). The van der Waals surface area contributed by atoms with Crippen molar-refractivity contribution in [2.24, 2.45) is 0 Å². The minimum atomic E-state index is -1.01. The van der Waals surface area contributed by atoms with Gasteiger partial charge < -0.3 is 26.2 Å². The van der Waals surface area contributed by atoms with E-state index in [2.05, 4.69) is 20.6 Å². The van der Waals surface area contributed by atoms with Crippen molar-refractivity contribution in [1.29, 1.82) is 0 Å². The van der Waals surface area contributed by atoms with Crippen LogP contribution < -0.4 is 21.1 Å². The molecule has 35 heavy (non-hydrogen) atoms. The van der Waals surface area contributed by atoms with Gasteiger partial charge in [-0.3, -0.25) is 9.78 Å². The Bertz CT molecular complexity index is 1080. The molecule has 9 heteroatoms. The summed E-state index contributed by atoms with van der Waals surface area (Å²) in [6.45, 7) is 5.95. The molecule has 3 rings (SSSR count). The first-order valence-corrected chi connectivity index (χ1v) is 11.4. The second kappa shape index (κ2) is 14.2. The van der Waals surface area contributed by atoms with Crippen LogP contribution in [0.15, 0.2) is 67.0 Å². The molecular formula is C26H33N5O4. The van der Waals surface area contributed by atoms with E-state index in [-0.39, 0.29) is 12.3 Å². The van der Waals surface area contributed by atoms with E-state index in [0.29, 0.717) is 36.2 Å². The van der Waals surface area contributed by atoms with Gasteiger partial charge in [-0.15, -0.1) is 0 Å². The van der Waals surface area contributed by atoms with Crippen LogP contribution in [0, 0.1) is 0 Å². The Balaban J connectivity index is 0.000000328. The van der Waals surface area contributed by atoms with Crippen LogP contribution in [0.3, 0.4) is 0 Å². The van der Waals surface area contributed by atoms with E-state index >= 15 is 0 Å². The smallest absolute Gasteiger partial charge is 0.326 e. The lowest BCUT2D eigenvalue weighted by molar-refractivity contribution is -0.141. The number of hydrogen-bond acceptors (Lipinski definition) is 7. The lowest BCUT2D eigenvalue weighted by atomic mass is 10.1. The highest BCUT2D eigenvalue weighted by molar-refractivity contribution is 5.84. The number of para-hydroxylation sites is 1. The normalized spacial score (nSPS) is 11.1. The fraction of sp³-hybridized carbons (Fsp3) is 0.308. The molecule has 1 heterocycles. The number of anilines is 2. The van der Waals surface area contributed by atoms with Gasteiger partial charge in [-0.1, -0.05) is 43.7 Å². The fourth-order valence-corrected chi connectivity index (χ4v) is 3.07. The summed E-state index contributed by atoms with van der Waals surface area (Å²) < 4.78 is 5.73. The minimum Gasteiger partial charge on any atom is -0.480 e. The van der Waals surface area contributed by atoms with Gasteiger partial charge in [0.25, 0.3) is 0 Å². The maximum absolute atomic E-state index is 12.1. The second-order valence-electron chi connectivity index (χ2n) is 8.11. The molecule has 3 aromatic rings.